The molecule has 0 aromatic heterocycles. The van der Waals surface area contributed by atoms with Crippen LogP contribution in [-0.2, 0) is 0 Å². The first-order valence-corrected chi connectivity index (χ1v) is 13.1. The predicted octanol–water partition coefficient (Wildman–Crippen LogP) is 4.53. The first-order valence-electron chi connectivity index (χ1n) is 13.1. The average molecular weight is 437 g/mol. The van der Waals surface area contributed by atoms with Gasteiger partial charge in [0.2, 0.25) is 0 Å². The van der Waals surface area contributed by atoms with E-state index in [1.165, 1.54) is 32.1 Å². The molecule has 2 unspecified atom stereocenters. The van der Waals surface area contributed by atoms with Crippen molar-refractivity contribution in [1.82, 2.24) is 0 Å². The molecule has 4 aliphatic carbocycles. The minimum absolute atomic E-state index is 0.0568. The summed E-state index contributed by atoms with van der Waals surface area (Å²) in [5.74, 6) is 3.01. The molecule has 4 saturated carbocycles. The molecule has 4 nitrogen and oxygen atoms in total. The molecule has 4 fully saturated rings. The lowest BCUT2D eigenvalue weighted by Crippen LogP contribution is -2.62. The maximum atomic E-state index is 11.2. The Morgan fingerprint density at radius 1 is 0.903 bits per heavy atom. The average Bonchev–Trinajstić information content (AvgIpc) is 3.01. The Morgan fingerprint density at radius 3 is 2.23 bits per heavy atom. The number of rotatable bonds is 5. The van der Waals surface area contributed by atoms with Gasteiger partial charge in [-0.25, -0.2) is 0 Å². The van der Waals surface area contributed by atoms with Gasteiger partial charge in [0.05, 0.1) is 23.9 Å². The van der Waals surface area contributed by atoms with Crippen LogP contribution in [0.2, 0.25) is 0 Å². The van der Waals surface area contributed by atoms with Crippen LogP contribution in [0, 0.1) is 46.3 Å². The third kappa shape index (κ3) is 4.02. The highest BCUT2D eigenvalue weighted by molar-refractivity contribution is 5.13. The van der Waals surface area contributed by atoms with Gasteiger partial charge >= 0.3 is 0 Å². The van der Waals surface area contributed by atoms with E-state index in [0.717, 1.165) is 31.6 Å². The molecule has 0 heterocycles. The first-order chi connectivity index (χ1) is 14.4. The molecule has 180 valence electrons. The van der Waals surface area contributed by atoms with Gasteiger partial charge < -0.3 is 20.4 Å². The monoisotopic (exact) mass is 436 g/mol. The van der Waals surface area contributed by atoms with Crippen molar-refractivity contribution in [2.75, 3.05) is 0 Å². The lowest BCUT2D eigenvalue weighted by atomic mass is 9.43. The van der Waals surface area contributed by atoms with Crippen molar-refractivity contribution in [2.45, 2.75) is 123 Å². The molecule has 0 bridgehead atoms. The summed E-state index contributed by atoms with van der Waals surface area (Å²) in [6.07, 6.45) is 8.61. The third-order valence-corrected chi connectivity index (χ3v) is 10.9. The van der Waals surface area contributed by atoms with E-state index in [9.17, 15) is 20.4 Å². The van der Waals surface area contributed by atoms with E-state index in [4.69, 9.17) is 0 Å². The summed E-state index contributed by atoms with van der Waals surface area (Å²) < 4.78 is 0. The van der Waals surface area contributed by atoms with Gasteiger partial charge in [-0.15, -0.1) is 0 Å². The smallest absolute Gasteiger partial charge is 0.0857 e. The fourth-order valence-electron chi connectivity index (χ4n) is 9.42. The van der Waals surface area contributed by atoms with E-state index < -0.39 is 23.9 Å². The largest absolute Gasteiger partial charge is 0.393 e. The van der Waals surface area contributed by atoms with Crippen LogP contribution in [0.4, 0.5) is 0 Å². The molecule has 0 aliphatic heterocycles. The van der Waals surface area contributed by atoms with Crippen LogP contribution >= 0.6 is 0 Å². The van der Waals surface area contributed by atoms with Crippen molar-refractivity contribution in [2.24, 2.45) is 46.3 Å². The molecule has 4 aliphatic rings. The van der Waals surface area contributed by atoms with Gasteiger partial charge in [0.1, 0.15) is 0 Å². The van der Waals surface area contributed by atoms with E-state index in [1.807, 2.05) is 13.8 Å². The molecular weight excluding hydrogens is 388 g/mol. The summed E-state index contributed by atoms with van der Waals surface area (Å²) in [5.41, 5.74) is -0.272. The molecule has 0 radical (unpaired) electrons. The molecule has 0 aromatic rings. The molecule has 11 atom stereocenters. The van der Waals surface area contributed by atoms with Crippen molar-refractivity contribution >= 4 is 0 Å². The standard InChI is InChI=1S/C27H48O4/c1-16(7-6-12-25(2,3)31)18-8-9-19-17-15-22(29)23-24(30)21(28)11-14-27(23,5)20(17)10-13-26(18,19)4/h16-24,28-31H,6-15H2,1-5H3/t16-,17+,18-,19+,20+,21+,22?,23?,24+,26-,27-/m1/s1. The van der Waals surface area contributed by atoms with Gasteiger partial charge in [-0.3, -0.25) is 0 Å². The summed E-state index contributed by atoms with van der Waals surface area (Å²) in [5, 5.41) is 42.3. The predicted molar refractivity (Wildman–Crippen MR) is 123 cm³/mol. The van der Waals surface area contributed by atoms with E-state index in [0.29, 0.717) is 35.5 Å². The zero-order chi connectivity index (χ0) is 22.8. The molecule has 4 heteroatoms. The zero-order valence-corrected chi connectivity index (χ0v) is 20.6. The Balaban J connectivity index is 1.50. The second-order valence-corrected chi connectivity index (χ2v) is 13.2. The maximum absolute atomic E-state index is 11.2. The Kier molecular flexibility index (Phi) is 6.38. The minimum atomic E-state index is -0.782. The van der Waals surface area contributed by atoms with E-state index >= 15 is 0 Å². The summed E-state index contributed by atoms with van der Waals surface area (Å²) in [6, 6.07) is 0. The quantitative estimate of drug-likeness (QED) is 0.511. The van der Waals surface area contributed by atoms with E-state index in [2.05, 4.69) is 20.8 Å². The van der Waals surface area contributed by atoms with Gasteiger partial charge in [0, 0.05) is 5.92 Å². The normalized spacial score (nSPS) is 51.0. The topological polar surface area (TPSA) is 80.9 Å². The van der Waals surface area contributed by atoms with Gasteiger partial charge in [-0.05, 0) is 106 Å². The number of hydrogen-bond donors (Lipinski definition) is 4. The Labute approximate surface area is 189 Å². The first kappa shape index (κ1) is 24.0. The second kappa shape index (κ2) is 8.25. The zero-order valence-electron chi connectivity index (χ0n) is 20.6. The number of aliphatic hydroxyl groups excluding tert-OH is 3. The van der Waals surface area contributed by atoms with E-state index in [1.54, 1.807) is 0 Å². The number of fused-ring (bicyclic) bond motifs is 5. The fraction of sp³-hybridized carbons (Fsp3) is 1.00. The highest BCUT2D eigenvalue weighted by Crippen LogP contribution is 2.68. The molecule has 0 amide bonds. The van der Waals surface area contributed by atoms with Crippen LogP contribution in [0.1, 0.15) is 98.8 Å². The SMILES string of the molecule is C[C@H](CCCC(C)(C)O)[C@H]1CC[C@H]2[C@@H]3CC(O)C4[C@@H](O)[C@@H](O)CC[C@]4(C)[C@H]3CC[C@]12C. The van der Waals surface area contributed by atoms with Gasteiger partial charge in [-0.2, -0.15) is 0 Å². The lowest BCUT2D eigenvalue weighted by molar-refractivity contribution is -0.212. The second-order valence-electron chi connectivity index (χ2n) is 13.2. The van der Waals surface area contributed by atoms with E-state index in [-0.39, 0.29) is 11.3 Å². The van der Waals surface area contributed by atoms with Gasteiger partial charge in [0.15, 0.2) is 0 Å². The maximum Gasteiger partial charge on any atom is 0.0857 e. The van der Waals surface area contributed by atoms with Gasteiger partial charge in [0.25, 0.3) is 0 Å². The summed E-state index contributed by atoms with van der Waals surface area (Å²) in [6.45, 7) is 11.1. The van der Waals surface area contributed by atoms with Crippen molar-refractivity contribution in [3.63, 3.8) is 0 Å². The summed E-state index contributed by atoms with van der Waals surface area (Å²) >= 11 is 0. The van der Waals surface area contributed by atoms with Crippen molar-refractivity contribution in [3.8, 4) is 0 Å². The van der Waals surface area contributed by atoms with Gasteiger partial charge in [-0.1, -0.05) is 33.6 Å². The summed E-state index contributed by atoms with van der Waals surface area (Å²) in [7, 11) is 0. The van der Waals surface area contributed by atoms with Crippen LogP contribution < -0.4 is 0 Å². The van der Waals surface area contributed by atoms with Crippen LogP contribution in [0.5, 0.6) is 0 Å². The molecule has 31 heavy (non-hydrogen) atoms. The number of hydrogen-bond acceptors (Lipinski definition) is 4. The third-order valence-electron chi connectivity index (χ3n) is 10.9. The lowest BCUT2D eigenvalue weighted by Gasteiger charge is -2.63. The molecule has 0 aromatic carbocycles. The Morgan fingerprint density at radius 2 is 1.55 bits per heavy atom. The van der Waals surface area contributed by atoms with Crippen LogP contribution in [0.25, 0.3) is 0 Å². The fourth-order valence-corrected chi connectivity index (χ4v) is 9.42. The van der Waals surface area contributed by atoms with Crippen molar-refractivity contribution in [3.05, 3.63) is 0 Å². The van der Waals surface area contributed by atoms with Crippen LogP contribution in [0.3, 0.4) is 0 Å². The van der Waals surface area contributed by atoms with Crippen molar-refractivity contribution < 1.29 is 20.4 Å². The minimum Gasteiger partial charge on any atom is -0.393 e. The molecule has 4 rings (SSSR count). The molecule has 4 N–H and O–H groups in total. The highest BCUT2D eigenvalue weighted by atomic mass is 16.3. The molecule has 0 saturated heterocycles. The van der Waals surface area contributed by atoms with Crippen LogP contribution in [0.15, 0.2) is 0 Å². The Bertz CT molecular complexity index is 644. The van der Waals surface area contributed by atoms with Crippen molar-refractivity contribution in [1.29, 1.82) is 0 Å². The molecular formula is C27H48O4. The number of aliphatic hydroxyl groups is 4. The summed E-state index contributed by atoms with van der Waals surface area (Å²) in [4.78, 5) is 0. The van der Waals surface area contributed by atoms with Crippen LogP contribution in [-0.4, -0.2) is 44.3 Å². The Hall–Kier alpha value is -0.160. The highest BCUT2D eigenvalue weighted by Gasteiger charge is 2.63. The molecule has 0 spiro atoms.